The van der Waals surface area contributed by atoms with Crippen molar-refractivity contribution < 1.29 is 9.53 Å². The second-order valence-corrected chi connectivity index (χ2v) is 4.71. The maximum absolute atomic E-state index is 11.9. The van der Waals surface area contributed by atoms with E-state index < -0.39 is 6.10 Å². The number of imidazole rings is 1. The first-order valence-corrected chi connectivity index (χ1v) is 6.65. The van der Waals surface area contributed by atoms with Crippen molar-refractivity contribution >= 4 is 16.9 Å². The standard InChI is InChI=1S/C14H19N3O3/c1-4-20-9(3)13(18)15-8(2)10-5-6-11-12(7-10)17-14(19)16-11/h5-9H,4H2,1-3H3,(H,15,18)(H2,16,17,19)/t8-,9+/m0/s1. The average molecular weight is 277 g/mol. The number of aromatic amines is 2. The van der Waals surface area contributed by atoms with Crippen molar-refractivity contribution in [2.75, 3.05) is 6.61 Å². The number of carbonyl (C=O) groups is 1. The number of H-pyrrole nitrogens is 2. The van der Waals surface area contributed by atoms with Gasteiger partial charge in [0.25, 0.3) is 0 Å². The van der Waals surface area contributed by atoms with Gasteiger partial charge in [-0.2, -0.15) is 0 Å². The van der Waals surface area contributed by atoms with Crippen molar-refractivity contribution in [3.63, 3.8) is 0 Å². The molecule has 0 aliphatic carbocycles. The van der Waals surface area contributed by atoms with Gasteiger partial charge in [0, 0.05) is 6.61 Å². The summed E-state index contributed by atoms with van der Waals surface area (Å²) in [4.78, 5) is 28.5. The highest BCUT2D eigenvalue weighted by molar-refractivity contribution is 5.81. The van der Waals surface area contributed by atoms with Crippen LogP contribution in [0.2, 0.25) is 0 Å². The lowest BCUT2D eigenvalue weighted by Gasteiger charge is -2.18. The molecule has 0 aliphatic heterocycles. The van der Waals surface area contributed by atoms with Crippen LogP contribution in [0.3, 0.4) is 0 Å². The van der Waals surface area contributed by atoms with Crippen LogP contribution >= 0.6 is 0 Å². The van der Waals surface area contributed by atoms with Crippen molar-refractivity contribution in [2.24, 2.45) is 0 Å². The number of ether oxygens (including phenoxy) is 1. The molecule has 1 aromatic heterocycles. The molecule has 1 heterocycles. The third-order valence-corrected chi connectivity index (χ3v) is 3.18. The van der Waals surface area contributed by atoms with E-state index in [9.17, 15) is 9.59 Å². The van der Waals surface area contributed by atoms with E-state index in [2.05, 4.69) is 15.3 Å². The summed E-state index contributed by atoms with van der Waals surface area (Å²) in [7, 11) is 0. The maximum atomic E-state index is 11.9. The van der Waals surface area contributed by atoms with E-state index >= 15 is 0 Å². The summed E-state index contributed by atoms with van der Waals surface area (Å²) in [6.45, 7) is 5.96. The van der Waals surface area contributed by atoms with Crippen molar-refractivity contribution in [1.82, 2.24) is 15.3 Å². The van der Waals surface area contributed by atoms with Gasteiger partial charge in [0.15, 0.2) is 0 Å². The molecule has 2 aromatic rings. The second kappa shape index (κ2) is 5.92. The highest BCUT2D eigenvalue weighted by atomic mass is 16.5. The third-order valence-electron chi connectivity index (χ3n) is 3.18. The number of hydrogen-bond donors (Lipinski definition) is 3. The Labute approximate surface area is 116 Å². The highest BCUT2D eigenvalue weighted by Crippen LogP contribution is 2.17. The summed E-state index contributed by atoms with van der Waals surface area (Å²) in [6, 6.07) is 5.39. The molecule has 2 atom stereocenters. The molecule has 0 saturated heterocycles. The Kier molecular flexibility index (Phi) is 4.24. The van der Waals surface area contributed by atoms with Gasteiger partial charge in [-0.1, -0.05) is 6.07 Å². The Balaban J connectivity index is 2.12. The number of hydrogen-bond acceptors (Lipinski definition) is 3. The summed E-state index contributed by atoms with van der Waals surface area (Å²) < 4.78 is 5.25. The summed E-state index contributed by atoms with van der Waals surface area (Å²) in [5, 5.41) is 2.89. The van der Waals surface area contributed by atoms with Crippen LogP contribution in [0, 0.1) is 0 Å². The summed E-state index contributed by atoms with van der Waals surface area (Å²) in [5.74, 6) is -0.151. The molecule has 6 nitrogen and oxygen atoms in total. The van der Waals surface area contributed by atoms with Crippen LogP contribution in [0.15, 0.2) is 23.0 Å². The van der Waals surface area contributed by atoms with Gasteiger partial charge in [-0.15, -0.1) is 0 Å². The molecule has 0 radical (unpaired) electrons. The molecule has 0 unspecified atom stereocenters. The predicted octanol–water partition coefficient (Wildman–Crippen LogP) is 1.46. The number of nitrogens with one attached hydrogen (secondary N) is 3. The zero-order valence-corrected chi connectivity index (χ0v) is 11.8. The van der Waals surface area contributed by atoms with Gasteiger partial charge in [0.1, 0.15) is 6.10 Å². The number of benzene rings is 1. The van der Waals surface area contributed by atoms with Crippen molar-refractivity contribution in [3.05, 3.63) is 34.2 Å². The molecule has 1 aromatic carbocycles. The SMILES string of the molecule is CCO[C@H](C)C(=O)N[C@@H](C)c1ccc2[nH]c(=O)[nH]c2c1. The van der Waals surface area contributed by atoms with E-state index in [-0.39, 0.29) is 17.6 Å². The molecule has 0 spiro atoms. The van der Waals surface area contributed by atoms with Crippen molar-refractivity contribution in [1.29, 1.82) is 0 Å². The molecular formula is C14H19N3O3. The monoisotopic (exact) mass is 277 g/mol. The van der Waals surface area contributed by atoms with E-state index in [1.54, 1.807) is 6.92 Å². The first kappa shape index (κ1) is 14.3. The lowest BCUT2D eigenvalue weighted by molar-refractivity contribution is -0.132. The Morgan fingerprint density at radius 1 is 1.30 bits per heavy atom. The minimum Gasteiger partial charge on any atom is -0.369 e. The smallest absolute Gasteiger partial charge is 0.323 e. The van der Waals surface area contributed by atoms with E-state index in [4.69, 9.17) is 4.74 Å². The molecule has 0 fully saturated rings. The van der Waals surface area contributed by atoms with Crippen LogP contribution in [-0.2, 0) is 9.53 Å². The fraction of sp³-hybridized carbons (Fsp3) is 0.429. The van der Waals surface area contributed by atoms with Crippen molar-refractivity contribution in [3.8, 4) is 0 Å². The predicted molar refractivity (Wildman–Crippen MR) is 76.6 cm³/mol. The summed E-state index contributed by atoms with van der Waals surface area (Å²) >= 11 is 0. The average Bonchev–Trinajstić information content (AvgIpc) is 2.77. The molecule has 6 heteroatoms. The zero-order valence-electron chi connectivity index (χ0n) is 11.8. The van der Waals surface area contributed by atoms with Gasteiger partial charge in [-0.3, -0.25) is 4.79 Å². The number of carbonyl (C=O) groups excluding carboxylic acids is 1. The van der Waals surface area contributed by atoms with Crippen LogP contribution in [-0.4, -0.2) is 28.6 Å². The summed E-state index contributed by atoms with van der Waals surface area (Å²) in [5.41, 5.74) is 2.16. The van der Waals surface area contributed by atoms with Gasteiger partial charge in [0.05, 0.1) is 17.1 Å². The molecule has 0 bridgehead atoms. The normalized spacial score (nSPS) is 14.2. The van der Waals surface area contributed by atoms with Gasteiger partial charge in [-0.05, 0) is 38.5 Å². The fourth-order valence-electron chi connectivity index (χ4n) is 2.06. The molecule has 0 saturated carbocycles. The highest BCUT2D eigenvalue weighted by Gasteiger charge is 2.16. The molecule has 2 rings (SSSR count). The Hall–Kier alpha value is -2.08. The Morgan fingerprint density at radius 2 is 2.00 bits per heavy atom. The van der Waals surface area contributed by atoms with E-state index in [1.165, 1.54) is 0 Å². The van der Waals surface area contributed by atoms with Crippen molar-refractivity contribution in [2.45, 2.75) is 32.9 Å². The summed E-state index contributed by atoms with van der Waals surface area (Å²) in [6.07, 6.45) is -0.474. The molecule has 20 heavy (non-hydrogen) atoms. The van der Waals surface area contributed by atoms with Gasteiger partial charge in [-0.25, -0.2) is 4.79 Å². The maximum Gasteiger partial charge on any atom is 0.323 e. The molecule has 0 aliphatic rings. The minimum absolute atomic E-state index is 0.151. The molecule has 1 amide bonds. The second-order valence-electron chi connectivity index (χ2n) is 4.71. The lowest BCUT2D eigenvalue weighted by atomic mass is 10.1. The Bertz CT molecular complexity index is 659. The van der Waals surface area contributed by atoms with E-state index in [0.717, 1.165) is 16.6 Å². The van der Waals surface area contributed by atoms with Crippen LogP contribution in [0.5, 0.6) is 0 Å². The van der Waals surface area contributed by atoms with Crippen LogP contribution in [0.4, 0.5) is 0 Å². The number of amides is 1. The van der Waals surface area contributed by atoms with E-state index in [0.29, 0.717) is 6.61 Å². The number of rotatable bonds is 5. The quantitative estimate of drug-likeness (QED) is 0.773. The third kappa shape index (κ3) is 3.08. The van der Waals surface area contributed by atoms with Gasteiger partial charge >= 0.3 is 5.69 Å². The molecule has 3 N–H and O–H groups in total. The largest absolute Gasteiger partial charge is 0.369 e. The van der Waals surface area contributed by atoms with E-state index in [1.807, 2.05) is 32.0 Å². The Morgan fingerprint density at radius 3 is 2.70 bits per heavy atom. The number of aromatic nitrogens is 2. The van der Waals surface area contributed by atoms with Crippen LogP contribution in [0.25, 0.3) is 11.0 Å². The van der Waals surface area contributed by atoms with Crippen LogP contribution < -0.4 is 11.0 Å². The number of fused-ring (bicyclic) bond motifs is 1. The van der Waals surface area contributed by atoms with Gasteiger partial charge < -0.3 is 20.0 Å². The lowest BCUT2D eigenvalue weighted by Crippen LogP contribution is -2.36. The molecule has 108 valence electrons. The van der Waals surface area contributed by atoms with Gasteiger partial charge in [0.2, 0.25) is 5.91 Å². The van der Waals surface area contributed by atoms with Crippen LogP contribution in [0.1, 0.15) is 32.4 Å². The molecular weight excluding hydrogens is 258 g/mol. The first-order valence-electron chi connectivity index (χ1n) is 6.65. The topological polar surface area (TPSA) is 87.0 Å². The minimum atomic E-state index is -0.474. The fourth-order valence-corrected chi connectivity index (χ4v) is 2.06. The zero-order chi connectivity index (χ0) is 14.7. The first-order chi connectivity index (χ1) is 9.51.